The molecule has 7 heteroatoms. The molecule has 1 aromatic carbocycles. The van der Waals surface area contributed by atoms with Crippen LogP contribution in [0.5, 0.6) is 5.75 Å². The lowest BCUT2D eigenvalue weighted by atomic mass is 9.80. The first-order valence-electron chi connectivity index (χ1n) is 6.83. The van der Waals surface area contributed by atoms with E-state index in [0.717, 1.165) is 0 Å². The molecule has 1 saturated carbocycles. The normalized spacial score (nSPS) is 25.3. The van der Waals surface area contributed by atoms with Crippen molar-refractivity contribution in [2.75, 3.05) is 0 Å². The topological polar surface area (TPSA) is 121 Å². The van der Waals surface area contributed by atoms with Crippen molar-refractivity contribution >= 4 is 11.6 Å². The number of nitro benzene ring substituents is 1. The minimum atomic E-state index is -1.10. The van der Waals surface area contributed by atoms with E-state index in [1.54, 1.807) is 19.1 Å². The van der Waals surface area contributed by atoms with Crippen molar-refractivity contribution in [2.45, 2.75) is 44.2 Å². The maximum atomic E-state index is 11.4. The lowest BCUT2D eigenvalue weighted by Gasteiger charge is -2.35. The summed E-state index contributed by atoms with van der Waals surface area (Å²) in [6, 6.07) is 4.75. The number of nitrogens with zero attached hydrogens (tertiary/aromatic N) is 1. The number of benzene rings is 1. The largest absolute Gasteiger partial charge is 0.483 e. The quantitative estimate of drug-likeness (QED) is 0.642. The maximum absolute atomic E-state index is 11.4. The van der Waals surface area contributed by atoms with Crippen LogP contribution in [0.25, 0.3) is 0 Å². The summed E-state index contributed by atoms with van der Waals surface area (Å²) in [6.07, 6.45) is 1.82. The predicted molar refractivity (Wildman–Crippen MR) is 76.8 cm³/mol. The fourth-order valence-corrected chi connectivity index (χ4v) is 2.68. The van der Waals surface area contributed by atoms with Crippen LogP contribution in [0.4, 0.5) is 5.69 Å². The average Bonchev–Trinajstić information content (AvgIpc) is 2.40. The van der Waals surface area contributed by atoms with Crippen LogP contribution in [0.15, 0.2) is 18.2 Å². The van der Waals surface area contributed by atoms with Gasteiger partial charge in [0.2, 0.25) is 5.91 Å². The molecule has 0 bridgehead atoms. The summed E-state index contributed by atoms with van der Waals surface area (Å²) >= 11 is 0. The zero-order valence-electron chi connectivity index (χ0n) is 11.9. The van der Waals surface area contributed by atoms with Crippen molar-refractivity contribution in [2.24, 2.45) is 11.5 Å². The molecule has 0 spiro atoms. The molecular formula is C14H19N3O4. The molecule has 7 nitrogen and oxygen atoms in total. The van der Waals surface area contributed by atoms with Crippen molar-refractivity contribution in [3.8, 4) is 5.75 Å². The number of primary amides is 1. The van der Waals surface area contributed by atoms with E-state index in [0.29, 0.717) is 24.8 Å². The number of hydrogen-bond donors (Lipinski definition) is 2. The van der Waals surface area contributed by atoms with Crippen LogP contribution in [-0.2, 0) is 4.79 Å². The first kappa shape index (κ1) is 15.2. The van der Waals surface area contributed by atoms with Gasteiger partial charge in [-0.2, -0.15) is 0 Å². The van der Waals surface area contributed by atoms with Crippen LogP contribution in [0, 0.1) is 17.0 Å². The predicted octanol–water partition coefficient (Wildman–Crippen LogP) is 1.41. The highest BCUT2D eigenvalue weighted by Gasteiger charge is 2.39. The second kappa shape index (κ2) is 5.69. The Morgan fingerprint density at radius 3 is 2.86 bits per heavy atom. The lowest BCUT2D eigenvalue weighted by Crippen LogP contribution is -2.56. The number of amides is 1. The van der Waals surface area contributed by atoms with Crippen LogP contribution in [0.3, 0.4) is 0 Å². The number of carbonyl (C=O) groups excluding carboxylic acids is 1. The summed E-state index contributed by atoms with van der Waals surface area (Å²) < 4.78 is 5.79. The number of hydrogen-bond acceptors (Lipinski definition) is 5. The molecular weight excluding hydrogens is 274 g/mol. The Kier molecular flexibility index (Phi) is 4.13. The first-order chi connectivity index (χ1) is 9.83. The Morgan fingerprint density at radius 1 is 1.52 bits per heavy atom. The minimum absolute atomic E-state index is 0.0812. The second-order valence-corrected chi connectivity index (χ2v) is 5.54. The molecule has 0 heterocycles. The van der Waals surface area contributed by atoms with E-state index in [4.69, 9.17) is 16.2 Å². The smallest absolute Gasteiger partial charge is 0.311 e. The summed E-state index contributed by atoms with van der Waals surface area (Å²) in [5, 5.41) is 11.1. The van der Waals surface area contributed by atoms with Gasteiger partial charge in [0.25, 0.3) is 0 Å². The number of para-hydroxylation sites is 1. The summed E-state index contributed by atoms with van der Waals surface area (Å²) in [6.45, 7) is 1.74. The number of ether oxygens (including phenoxy) is 1. The highest BCUT2D eigenvalue weighted by molar-refractivity contribution is 5.84. The molecule has 1 fully saturated rings. The first-order valence-corrected chi connectivity index (χ1v) is 6.83. The van der Waals surface area contributed by atoms with Crippen molar-refractivity contribution in [1.29, 1.82) is 0 Å². The van der Waals surface area contributed by atoms with E-state index < -0.39 is 16.4 Å². The molecule has 0 radical (unpaired) electrons. The van der Waals surface area contributed by atoms with Gasteiger partial charge < -0.3 is 16.2 Å². The van der Waals surface area contributed by atoms with Gasteiger partial charge in [0, 0.05) is 12.5 Å². The molecule has 114 valence electrons. The summed E-state index contributed by atoms with van der Waals surface area (Å²) in [5.74, 6) is -0.323. The van der Waals surface area contributed by atoms with Crippen LogP contribution < -0.4 is 16.2 Å². The monoisotopic (exact) mass is 293 g/mol. The highest BCUT2D eigenvalue weighted by Crippen LogP contribution is 2.35. The van der Waals surface area contributed by atoms with E-state index in [1.807, 2.05) is 0 Å². The van der Waals surface area contributed by atoms with E-state index in [-0.39, 0.29) is 24.0 Å². The average molecular weight is 293 g/mol. The summed E-state index contributed by atoms with van der Waals surface area (Å²) in [7, 11) is 0. The van der Waals surface area contributed by atoms with Gasteiger partial charge in [0.15, 0.2) is 5.75 Å². The van der Waals surface area contributed by atoms with Crippen molar-refractivity contribution < 1.29 is 14.5 Å². The third kappa shape index (κ3) is 3.13. The molecule has 0 aliphatic heterocycles. The molecule has 21 heavy (non-hydrogen) atoms. The SMILES string of the molecule is Cc1cccc([N+](=O)[O-])c1OC1CCCC(N)(C(N)=O)C1. The standard InChI is InChI=1S/C14H19N3O4/c1-9-4-2-6-11(17(19)20)12(9)21-10-5-3-7-14(16,8-10)13(15)18/h2,4,6,10H,3,5,7-8,16H2,1H3,(H2,15,18). The van der Waals surface area contributed by atoms with Crippen LogP contribution in [0.1, 0.15) is 31.2 Å². The van der Waals surface area contributed by atoms with Gasteiger partial charge in [-0.3, -0.25) is 14.9 Å². The van der Waals surface area contributed by atoms with Gasteiger partial charge in [0.05, 0.1) is 10.5 Å². The van der Waals surface area contributed by atoms with E-state index in [9.17, 15) is 14.9 Å². The fraction of sp³-hybridized carbons (Fsp3) is 0.500. The van der Waals surface area contributed by atoms with E-state index in [1.165, 1.54) is 6.07 Å². The third-order valence-electron chi connectivity index (χ3n) is 3.90. The molecule has 1 aliphatic carbocycles. The van der Waals surface area contributed by atoms with Gasteiger partial charge in [0.1, 0.15) is 6.10 Å². The van der Waals surface area contributed by atoms with Gasteiger partial charge in [-0.15, -0.1) is 0 Å². The van der Waals surface area contributed by atoms with Crippen molar-refractivity contribution in [3.63, 3.8) is 0 Å². The van der Waals surface area contributed by atoms with Crippen LogP contribution in [0.2, 0.25) is 0 Å². The second-order valence-electron chi connectivity index (χ2n) is 5.54. The number of carbonyl (C=O) groups is 1. The zero-order chi connectivity index (χ0) is 15.6. The summed E-state index contributed by atoms with van der Waals surface area (Å²) in [5.41, 5.74) is 10.8. The number of aryl methyl sites for hydroxylation is 1. The maximum Gasteiger partial charge on any atom is 0.311 e. The number of nitro groups is 1. The van der Waals surface area contributed by atoms with Gasteiger partial charge in [-0.05, 0) is 31.7 Å². The van der Waals surface area contributed by atoms with E-state index >= 15 is 0 Å². The lowest BCUT2D eigenvalue weighted by molar-refractivity contribution is -0.386. The Morgan fingerprint density at radius 2 is 2.24 bits per heavy atom. The highest BCUT2D eigenvalue weighted by atomic mass is 16.6. The molecule has 0 aromatic heterocycles. The number of rotatable bonds is 4. The van der Waals surface area contributed by atoms with Gasteiger partial charge in [-0.25, -0.2) is 0 Å². The van der Waals surface area contributed by atoms with Crippen molar-refractivity contribution in [1.82, 2.24) is 0 Å². The molecule has 1 amide bonds. The molecule has 1 aromatic rings. The summed E-state index contributed by atoms with van der Waals surface area (Å²) in [4.78, 5) is 22.1. The molecule has 2 rings (SSSR count). The van der Waals surface area contributed by atoms with E-state index in [2.05, 4.69) is 0 Å². The fourth-order valence-electron chi connectivity index (χ4n) is 2.68. The van der Waals surface area contributed by atoms with Gasteiger partial charge >= 0.3 is 5.69 Å². The van der Waals surface area contributed by atoms with Gasteiger partial charge in [-0.1, -0.05) is 12.1 Å². The van der Waals surface area contributed by atoms with Crippen molar-refractivity contribution in [3.05, 3.63) is 33.9 Å². The van der Waals surface area contributed by atoms with Crippen LogP contribution in [-0.4, -0.2) is 22.5 Å². The Balaban J connectivity index is 2.23. The molecule has 2 atom stereocenters. The molecule has 4 N–H and O–H groups in total. The minimum Gasteiger partial charge on any atom is -0.483 e. The Bertz CT molecular complexity index is 575. The third-order valence-corrected chi connectivity index (χ3v) is 3.90. The molecule has 0 saturated heterocycles. The molecule has 2 unspecified atom stereocenters. The molecule has 1 aliphatic rings. The Hall–Kier alpha value is -2.15. The zero-order valence-corrected chi connectivity index (χ0v) is 11.9. The Labute approximate surface area is 122 Å². The number of nitrogens with two attached hydrogens (primary N) is 2. The van der Waals surface area contributed by atoms with Crippen LogP contribution >= 0.6 is 0 Å².